The number of thioether (sulfide) groups is 1. The second-order valence-corrected chi connectivity index (χ2v) is 9.73. The van der Waals surface area contributed by atoms with E-state index in [0.717, 1.165) is 44.4 Å². The van der Waals surface area contributed by atoms with E-state index in [2.05, 4.69) is 15.9 Å². The van der Waals surface area contributed by atoms with Crippen molar-refractivity contribution in [3.63, 3.8) is 0 Å². The minimum absolute atomic E-state index is 0.237. The van der Waals surface area contributed by atoms with Gasteiger partial charge in [0.2, 0.25) is 0 Å². The topological polar surface area (TPSA) is 68.6 Å². The van der Waals surface area contributed by atoms with Crippen molar-refractivity contribution in [2.24, 2.45) is 0 Å². The summed E-state index contributed by atoms with van der Waals surface area (Å²) < 4.78 is 8.04. The van der Waals surface area contributed by atoms with Crippen molar-refractivity contribution in [1.29, 1.82) is 0 Å². The Morgan fingerprint density at radius 1 is 1.06 bits per heavy atom. The molecule has 1 aliphatic heterocycles. The maximum Gasteiger partial charge on any atom is 0.338 e. The lowest BCUT2D eigenvalue weighted by atomic mass is 10.2. The average Bonchev–Trinajstić information content (AvgIpc) is 3.24. The van der Waals surface area contributed by atoms with Crippen molar-refractivity contribution >= 4 is 50.9 Å². The van der Waals surface area contributed by atoms with Crippen LogP contribution in [0.25, 0.3) is 11.8 Å². The maximum atomic E-state index is 13.0. The summed E-state index contributed by atoms with van der Waals surface area (Å²) >= 11 is 4.35. The number of aryl methyl sites for hydroxylation is 1. The third kappa shape index (κ3) is 4.88. The Bertz CT molecular complexity index is 1290. The smallest absolute Gasteiger partial charge is 0.338 e. The molecule has 0 bridgehead atoms. The molecule has 174 valence electrons. The second-order valence-electron chi connectivity index (χ2n) is 7.82. The molecule has 0 radical (unpaired) electrons. The van der Waals surface area contributed by atoms with E-state index < -0.39 is 0 Å². The number of carbonyl (C=O) groups is 3. The van der Waals surface area contributed by atoms with E-state index in [4.69, 9.17) is 4.74 Å². The fourth-order valence-electron chi connectivity index (χ4n) is 3.84. The fourth-order valence-corrected chi connectivity index (χ4v) is 4.94. The number of amides is 2. The molecule has 1 fully saturated rings. The lowest BCUT2D eigenvalue weighted by Gasteiger charge is -2.12. The maximum absolute atomic E-state index is 13.0. The van der Waals surface area contributed by atoms with Crippen molar-refractivity contribution in [2.45, 2.75) is 27.3 Å². The van der Waals surface area contributed by atoms with Crippen LogP contribution in [-0.2, 0) is 16.1 Å². The number of hydrogen-bond acceptors (Lipinski definition) is 5. The first-order chi connectivity index (χ1) is 16.3. The lowest BCUT2D eigenvalue weighted by molar-refractivity contribution is -0.123. The normalized spacial score (nSPS) is 14.8. The van der Waals surface area contributed by atoms with E-state index in [0.29, 0.717) is 17.1 Å². The van der Waals surface area contributed by atoms with Gasteiger partial charge in [0, 0.05) is 21.5 Å². The summed E-state index contributed by atoms with van der Waals surface area (Å²) in [7, 11) is 0. The van der Waals surface area contributed by atoms with E-state index in [1.54, 1.807) is 25.1 Å². The number of ether oxygens (including phenoxy) is 1. The number of benzene rings is 2. The monoisotopic (exact) mass is 538 g/mol. The van der Waals surface area contributed by atoms with Crippen LogP contribution in [0.5, 0.6) is 0 Å². The van der Waals surface area contributed by atoms with Gasteiger partial charge in [0.05, 0.1) is 23.6 Å². The number of aromatic nitrogens is 1. The molecule has 1 aliphatic rings. The second kappa shape index (κ2) is 10.0. The summed E-state index contributed by atoms with van der Waals surface area (Å²) in [5.74, 6) is -0.643. The van der Waals surface area contributed by atoms with Gasteiger partial charge < -0.3 is 9.30 Å². The summed E-state index contributed by atoms with van der Waals surface area (Å²) in [4.78, 5) is 39.1. The molecule has 0 saturated carbocycles. The Morgan fingerprint density at radius 3 is 2.38 bits per heavy atom. The van der Waals surface area contributed by atoms with Gasteiger partial charge in [-0.3, -0.25) is 14.5 Å². The Morgan fingerprint density at radius 2 is 1.74 bits per heavy atom. The van der Waals surface area contributed by atoms with Crippen LogP contribution >= 0.6 is 27.7 Å². The first-order valence-corrected chi connectivity index (χ1v) is 12.4. The Labute approximate surface area is 210 Å². The molecule has 1 aromatic heterocycles. The highest BCUT2D eigenvalue weighted by atomic mass is 79.9. The molecule has 0 unspecified atom stereocenters. The first kappa shape index (κ1) is 24.0. The van der Waals surface area contributed by atoms with Gasteiger partial charge in [0.15, 0.2) is 0 Å². The molecular weight excluding hydrogens is 516 g/mol. The Hall–Kier alpha value is -3.10. The highest BCUT2D eigenvalue weighted by Gasteiger charge is 2.35. The molecule has 6 nitrogen and oxygen atoms in total. The van der Waals surface area contributed by atoms with Crippen LogP contribution in [0.15, 0.2) is 64.0 Å². The van der Waals surface area contributed by atoms with Crippen LogP contribution in [-0.4, -0.2) is 33.2 Å². The van der Waals surface area contributed by atoms with E-state index in [9.17, 15) is 14.4 Å². The van der Waals surface area contributed by atoms with E-state index in [1.165, 1.54) is 4.90 Å². The zero-order valence-electron chi connectivity index (χ0n) is 19.0. The van der Waals surface area contributed by atoms with Gasteiger partial charge in [-0.1, -0.05) is 28.1 Å². The molecule has 2 aromatic carbocycles. The molecule has 34 heavy (non-hydrogen) atoms. The zero-order valence-corrected chi connectivity index (χ0v) is 21.4. The van der Waals surface area contributed by atoms with Gasteiger partial charge in [0.25, 0.3) is 11.1 Å². The molecule has 0 spiro atoms. The molecule has 0 aliphatic carbocycles. The van der Waals surface area contributed by atoms with Gasteiger partial charge in [-0.25, -0.2) is 4.79 Å². The minimum Gasteiger partial charge on any atom is -0.462 e. The van der Waals surface area contributed by atoms with Gasteiger partial charge in [-0.2, -0.15) is 0 Å². The standard InChI is InChI=1S/C26H23BrN2O4S/c1-4-33-25(31)19-7-11-22(12-8-19)29-16(2)13-20(17(29)3)14-23-24(30)28(26(32)34-23)15-18-5-9-21(27)10-6-18/h5-14H,4,15H2,1-3H3/b23-14-. The molecule has 0 atom stereocenters. The van der Waals surface area contributed by atoms with Gasteiger partial charge in [0.1, 0.15) is 0 Å². The molecule has 3 aromatic rings. The van der Waals surface area contributed by atoms with Crippen molar-refractivity contribution in [2.75, 3.05) is 6.61 Å². The predicted molar refractivity (Wildman–Crippen MR) is 137 cm³/mol. The summed E-state index contributed by atoms with van der Waals surface area (Å²) in [6.07, 6.45) is 1.78. The SMILES string of the molecule is CCOC(=O)c1ccc(-n2c(C)cc(/C=C3\SC(=O)N(Cc4ccc(Br)cc4)C3=O)c2C)cc1. The Balaban J connectivity index is 1.57. The number of hydrogen-bond donors (Lipinski definition) is 0. The summed E-state index contributed by atoms with van der Waals surface area (Å²) in [5, 5.41) is -0.275. The zero-order chi connectivity index (χ0) is 24.4. The quantitative estimate of drug-likeness (QED) is 0.273. The molecular formula is C26H23BrN2O4S. The molecule has 8 heteroatoms. The van der Waals surface area contributed by atoms with Crippen LogP contribution in [0.2, 0.25) is 0 Å². The lowest BCUT2D eigenvalue weighted by Crippen LogP contribution is -2.27. The van der Waals surface area contributed by atoms with Gasteiger partial charge >= 0.3 is 5.97 Å². The van der Waals surface area contributed by atoms with Gasteiger partial charge in [-0.05, 0) is 92.2 Å². The molecule has 1 saturated heterocycles. The fraction of sp³-hybridized carbons (Fsp3) is 0.192. The minimum atomic E-state index is -0.352. The number of rotatable bonds is 6. The van der Waals surface area contributed by atoms with Crippen LogP contribution < -0.4 is 0 Å². The summed E-state index contributed by atoms with van der Waals surface area (Å²) in [5.41, 5.74) is 5.04. The number of halogens is 1. The van der Waals surface area contributed by atoms with Crippen molar-refractivity contribution < 1.29 is 19.1 Å². The highest BCUT2D eigenvalue weighted by Crippen LogP contribution is 2.34. The molecule has 2 amide bonds. The molecule has 2 heterocycles. The largest absolute Gasteiger partial charge is 0.462 e. The Kier molecular flexibility index (Phi) is 7.09. The van der Waals surface area contributed by atoms with E-state index in [-0.39, 0.29) is 23.7 Å². The number of nitrogens with zero attached hydrogens (tertiary/aromatic N) is 2. The number of carbonyl (C=O) groups excluding carboxylic acids is 3. The van der Waals surface area contributed by atoms with Crippen molar-refractivity contribution in [3.8, 4) is 5.69 Å². The number of esters is 1. The third-order valence-electron chi connectivity index (χ3n) is 5.52. The third-order valence-corrected chi connectivity index (χ3v) is 6.96. The predicted octanol–water partition coefficient (Wildman–Crippen LogP) is 6.27. The van der Waals surface area contributed by atoms with Crippen LogP contribution in [0.1, 0.15) is 39.8 Å². The summed E-state index contributed by atoms with van der Waals surface area (Å²) in [6, 6.07) is 16.7. The van der Waals surface area contributed by atoms with Gasteiger partial charge in [-0.15, -0.1) is 0 Å². The van der Waals surface area contributed by atoms with Crippen LogP contribution in [0.3, 0.4) is 0 Å². The average molecular weight is 539 g/mol. The van der Waals surface area contributed by atoms with Crippen molar-refractivity contribution in [1.82, 2.24) is 9.47 Å². The molecule has 4 rings (SSSR count). The van der Waals surface area contributed by atoms with E-state index >= 15 is 0 Å². The van der Waals surface area contributed by atoms with Crippen molar-refractivity contribution in [3.05, 3.63) is 92.1 Å². The summed E-state index contributed by atoms with van der Waals surface area (Å²) in [6.45, 7) is 6.28. The van der Waals surface area contributed by atoms with Crippen LogP contribution in [0.4, 0.5) is 4.79 Å². The first-order valence-electron chi connectivity index (χ1n) is 10.7. The highest BCUT2D eigenvalue weighted by molar-refractivity contribution is 9.10. The van der Waals surface area contributed by atoms with E-state index in [1.807, 2.05) is 60.9 Å². The number of imide groups is 1. The van der Waals surface area contributed by atoms with Crippen LogP contribution in [0, 0.1) is 13.8 Å². The molecule has 0 N–H and O–H groups in total.